The van der Waals surface area contributed by atoms with Crippen LogP contribution in [0.2, 0.25) is 0 Å². The van der Waals surface area contributed by atoms with Gasteiger partial charge in [-0.3, -0.25) is 13.9 Å². The summed E-state index contributed by atoms with van der Waals surface area (Å²) in [5, 5.41) is 4.04. The van der Waals surface area contributed by atoms with E-state index in [1.807, 2.05) is 0 Å². The molecule has 1 amide bonds. The van der Waals surface area contributed by atoms with Gasteiger partial charge in [0, 0.05) is 24.8 Å². The van der Waals surface area contributed by atoms with Gasteiger partial charge in [0.2, 0.25) is 0 Å². The third-order valence-corrected chi connectivity index (χ3v) is 3.21. The van der Waals surface area contributed by atoms with Crippen molar-refractivity contribution in [2.75, 3.05) is 19.9 Å². The molecule has 0 spiro atoms. The second-order valence-corrected chi connectivity index (χ2v) is 4.92. The summed E-state index contributed by atoms with van der Waals surface area (Å²) in [6.07, 6.45) is 1.32. The van der Waals surface area contributed by atoms with Crippen LogP contribution in [0.4, 0.5) is 0 Å². The molecular formula is C10H15N3O4S. The summed E-state index contributed by atoms with van der Waals surface area (Å²) in [5.74, 6) is 0.481. The molecular weight excluding hydrogens is 258 g/mol. The summed E-state index contributed by atoms with van der Waals surface area (Å²) in [7, 11) is 1.43. The smallest absolute Gasteiger partial charge is 0.296 e. The Kier molecular flexibility index (Phi) is 3.67. The average molecular weight is 273 g/mol. The molecule has 1 N–H and O–H groups in total. The maximum absolute atomic E-state index is 12.2. The first-order valence-corrected chi connectivity index (χ1v) is 6.93. The largest absolute Gasteiger partial charge is 0.491 e. The predicted molar refractivity (Wildman–Crippen MR) is 65.5 cm³/mol. The van der Waals surface area contributed by atoms with E-state index in [0.29, 0.717) is 24.4 Å². The number of amides is 1. The fraction of sp³-hybridized carbons (Fsp3) is 0.600. The summed E-state index contributed by atoms with van der Waals surface area (Å²) in [6, 6.07) is 0. The maximum atomic E-state index is 12.2. The molecule has 18 heavy (non-hydrogen) atoms. The standard InChI is InChI=1S/C10H15N3O4S/c1-6-8(16-2)9(14)13(7-4-5-11-12-7)10(6)17-18(3)15/h10-11H,4-5H2,1-3H3. The van der Waals surface area contributed by atoms with Gasteiger partial charge in [0.25, 0.3) is 5.91 Å². The van der Waals surface area contributed by atoms with Crippen LogP contribution >= 0.6 is 0 Å². The average Bonchev–Trinajstić information content (AvgIpc) is 2.88. The lowest BCUT2D eigenvalue weighted by molar-refractivity contribution is -0.128. The lowest BCUT2D eigenvalue weighted by Gasteiger charge is -2.23. The molecule has 2 unspecified atom stereocenters. The van der Waals surface area contributed by atoms with Crippen molar-refractivity contribution in [3.05, 3.63) is 11.3 Å². The normalized spacial score (nSPS) is 25.3. The number of hydrogen-bond acceptors (Lipinski definition) is 6. The highest BCUT2D eigenvalue weighted by Gasteiger charge is 2.43. The third-order valence-electron chi connectivity index (χ3n) is 2.75. The van der Waals surface area contributed by atoms with Crippen molar-refractivity contribution in [2.24, 2.45) is 5.10 Å². The molecule has 0 fully saturated rings. The van der Waals surface area contributed by atoms with Crippen LogP contribution in [0, 0.1) is 0 Å². The fourth-order valence-corrected chi connectivity index (χ4v) is 2.47. The molecule has 7 nitrogen and oxygen atoms in total. The van der Waals surface area contributed by atoms with Gasteiger partial charge in [0.15, 0.2) is 23.1 Å². The molecule has 0 aromatic rings. The lowest BCUT2D eigenvalue weighted by Crippen LogP contribution is -2.41. The third kappa shape index (κ3) is 2.13. The first-order chi connectivity index (χ1) is 8.56. The number of hydrogen-bond donors (Lipinski definition) is 1. The van der Waals surface area contributed by atoms with E-state index >= 15 is 0 Å². The van der Waals surface area contributed by atoms with Crippen LogP contribution in [0.5, 0.6) is 0 Å². The Morgan fingerprint density at radius 1 is 1.56 bits per heavy atom. The Labute approximate surface area is 107 Å². The molecule has 2 aliphatic rings. The number of nitrogens with zero attached hydrogens (tertiary/aromatic N) is 2. The number of carbonyl (C=O) groups is 1. The van der Waals surface area contributed by atoms with Gasteiger partial charge in [-0.15, -0.1) is 0 Å². The minimum Gasteiger partial charge on any atom is -0.491 e. The van der Waals surface area contributed by atoms with Gasteiger partial charge in [-0.25, -0.2) is 4.21 Å². The summed E-state index contributed by atoms with van der Waals surface area (Å²) in [4.78, 5) is 13.6. The number of nitrogens with one attached hydrogen (secondary N) is 1. The van der Waals surface area contributed by atoms with E-state index in [4.69, 9.17) is 8.92 Å². The SMILES string of the molecule is COC1=C(C)C(OS(C)=O)N(C2=NNCC2)C1=O. The Morgan fingerprint density at radius 3 is 2.78 bits per heavy atom. The predicted octanol–water partition coefficient (Wildman–Crippen LogP) is -0.308. The van der Waals surface area contributed by atoms with Crippen LogP contribution in [-0.2, 0) is 24.8 Å². The minimum absolute atomic E-state index is 0.222. The first-order valence-electron chi connectivity index (χ1n) is 5.44. The number of methoxy groups -OCH3 is 1. The van der Waals surface area contributed by atoms with Gasteiger partial charge < -0.3 is 10.2 Å². The summed E-state index contributed by atoms with van der Waals surface area (Å²) in [6.45, 7) is 2.39. The van der Waals surface area contributed by atoms with E-state index in [1.165, 1.54) is 18.3 Å². The van der Waals surface area contributed by atoms with E-state index in [-0.39, 0.29) is 11.7 Å². The topological polar surface area (TPSA) is 80.2 Å². The Bertz CT molecular complexity index is 460. The van der Waals surface area contributed by atoms with Crippen LogP contribution < -0.4 is 5.43 Å². The van der Waals surface area contributed by atoms with Crippen LogP contribution in [0.25, 0.3) is 0 Å². The molecule has 2 atom stereocenters. The molecule has 0 saturated heterocycles. The van der Waals surface area contributed by atoms with Crippen molar-refractivity contribution in [3.8, 4) is 0 Å². The van der Waals surface area contributed by atoms with Crippen molar-refractivity contribution < 1.29 is 17.9 Å². The van der Waals surface area contributed by atoms with Crippen molar-refractivity contribution >= 4 is 22.8 Å². The summed E-state index contributed by atoms with van der Waals surface area (Å²) >= 11 is -1.49. The molecule has 0 aliphatic carbocycles. The van der Waals surface area contributed by atoms with Gasteiger partial charge in [0.1, 0.15) is 5.84 Å². The second-order valence-electron chi connectivity index (χ2n) is 3.93. The van der Waals surface area contributed by atoms with Gasteiger partial charge in [-0.05, 0) is 6.92 Å². The van der Waals surface area contributed by atoms with Gasteiger partial charge in [-0.1, -0.05) is 0 Å². The van der Waals surface area contributed by atoms with Gasteiger partial charge in [0.05, 0.1) is 7.11 Å². The van der Waals surface area contributed by atoms with E-state index in [1.54, 1.807) is 6.92 Å². The molecule has 0 aromatic carbocycles. The molecule has 2 heterocycles. The second kappa shape index (κ2) is 5.07. The highest BCUT2D eigenvalue weighted by atomic mass is 32.2. The molecule has 8 heteroatoms. The first kappa shape index (κ1) is 13.0. The van der Waals surface area contributed by atoms with Crippen molar-refractivity contribution in [3.63, 3.8) is 0 Å². The highest BCUT2D eigenvalue weighted by molar-refractivity contribution is 7.79. The number of carbonyl (C=O) groups excluding carboxylic acids is 1. The number of hydrazone groups is 1. The van der Waals surface area contributed by atoms with Gasteiger partial charge >= 0.3 is 0 Å². The number of rotatable bonds is 3. The molecule has 0 saturated carbocycles. The zero-order valence-corrected chi connectivity index (χ0v) is 11.2. The van der Waals surface area contributed by atoms with Crippen LogP contribution in [0.15, 0.2) is 16.4 Å². The number of amidine groups is 1. The van der Waals surface area contributed by atoms with E-state index in [0.717, 1.165) is 0 Å². The summed E-state index contributed by atoms with van der Waals surface area (Å²) < 4.78 is 21.6. The molecule has 2 aliphatic heterocycles. The van der Waals surface area contributed by atoms with Crippen LogP contribution in [0.3, 0.4) is 0 Å². The van der Waals surface area contributed by atoms with E-state index in [9.17, 15) is 9.00 Å². The quantitative estimate of drug-likeness (QED) is 0.763. The Hall–Kier alpha value is -1.41. The highest BCUT2D eigenvalue weighted by Crippen LogP contribution is 2.29. The molecule has 0 bridgehead atoms. The number of ether oxygens (including phenoxy) is 1. The zero-order chi connectivity index (χ0) is 13.3. The monoisotopic (exact) mass is 273 g/mol. The molecule has 100 valence electrons. The molecule has 0 radical (unpaired) electrons. The van der Waals surface area contributed by atoms with Crippen molar-refractivity contribution in [2.45, 2.75) is 19.6 Å². The van der Waals surface area contributed by atoms with Crippen LogP contribution in [0.1, 0.15) is 13.3 Å². The zero-order valence-electron chi connectivity index (χ0n) is 10.4. The van der Waals surface area contributed by atoms with Gasteiger partial charge in [-0.2, -0.15) is 5.10 Å². The molecule has 2 rings (SSSR count). The van der Waals surface area contributed by atoms with Crippen molar-refractivity contribution in [1.82, 2.24) is 10.3 Å². The molecule has 0 aromatic heterocycles. The Balaban J connectivity index is 2.33. The van der Waals surface area contributed by atoms with E-state index < -0.39 is 17.3 Å². The van der Waals surface area contributed by atoms with Crippen molar-refractivity contribution in [1.29, 1.82) is 0 Å². The van der Waals surface area contributed by atoms with E-state index in [2.05, 4.69) is 10.5 Å². The Morgan fingerprint density at radius 2 is 2.28 bits per heavy atom. The lowest BCUT2D eigenvalue weighted by atomic mass is 10.3. The minimum atomic E-state index is -1.49. The maximum Gasteiger partial charge on any atom is 0.296 e. The van der Waals surface area contributed by atoms with Crippen LogP contribution in [-0.4, -0.2) is 47.0 Å². The summed E-state index contributed by atoms with van der Waals surface area (Å²) in [5.41, 5.74) is 3.40. The fourth-order valence-electron chi connectivity index (χ4n) is 1.98.